The van der Waals surface area contributed by atoms with Crippen molar-refractivity contribution in [2.45, 2.75) is 31.8 Å². The van der Waals surface area contributed by atoms with Crippen molar-refractivity contribution in [1.29, 1.82) is 0 Å². The highest BCUT2D eigenvalue weighted by Crippen LogP contribution is 2.25. The molecule has 2 unspecified atom stereocenters. The van der Waals surface area contributed by atoms with Crippen LogP contribution in [0.1, 0.15) is 24.1 Å². The first-order valence-electron chi connectivity index (χ1n) is 6.07. The molecule has 1 fully saturated rings. The summed E-state index contributed by atoms with van der Waals surface area (Å²) >= 11 is 7.20. The number of nitrogens with one attached hydrogen (secondary N) is 2. The molecule has 2 atom stereocenters. The molecule has 19 heavy (non-hydrogen) atoms. The summed E-state index contributed by atoms with van der Waals surface area (Å²) in [4.78, 5) is 23.7. The molecule has 1 heterocycles. The molecule has 3 N–H and O–H groups in total. The number of carboxylic acids is 1. The van der Waals surface area contributed by atoms with Gasteiger partial charge in [-0.05, 0) is 25.0 Å². The van der Waals surface area contributed by atoms with Gasteiger partial charge in [0.1, 0.15) is 0 Å². The molecule has 0 saturated heterocycles. The summed E-state index contributed by atoms with van der Waals surface area (Å²) < 4.78 is 0.680. The van der Waals surface area contributed by atoms with Gasteiger partial charge >= 0.3 is 12.0 Å². The Bertz CT molecular complexity index is 477. The summed E-state index contributed by atoms with van der Waals surface area (Å²) in [5.74, 6) is -1.31. The minimum absolute atomic E-state index is 0.274. The first-order chi connectivity index (χ1) is 9.06. The molecule has 2 rings (SSSR count). The third kappa shape index (κ3) is 3.84. The zero-order valence-electron chi connectivity index (χ0n) is 10.2. The second kappa shape index (κ2) is 6.25. The van der Waals surface area contributed by atoms with E-state index in [1.54, 1.807) is 6.07 Å². The number of halogens is 1. The Morgan fingerprint density at radius 3 is 2.84 bits per heavy atom. The van der Waals surface area contributed by atoms with Gasteiger partial charge in [0.25, 0.3) is 0 Å². The molecule has 0 aromatic carbocycles. The molecule has 0 bridgehead atoms. The highest BCUT2D eigenvalue weighted by atomic mass is 35.5. The standard InChI is InChI=1S/C12H15ClN2O3S/c13-10-5-4-7(19-10)6-14-12(18)15-9-3-1-2-8(9)11(16)17/h4-5,8-9H,1-3,6H2,(H,16,17)(H2,14,15,18). The smallest absolute Gasteiger partial charge is 0.315 e. The Balaban J connectivity index is 1.79. The number of hydrogen-bond donors (Lipinski definition) is 3. The summed E-state index contributed by atoms with van der Waals surface area (Å²) in [5.41, 5.74) is 0. The van der Waals surface area contributed by atoms with Crippen molar-refractivity contribution in [2.75, 3.05) is 0 Å². The summed E-state index contributed by atoms with van der Waals surface area (Å²) in [6, 6.07) is 3.02. The van der Waals surface area contributed by atoms with Crippen molar-refractivity contribution in [3.63, 3.8) is 0 Å². The van der Waals surface area contributed by atoms with Crippen molar-refractivity contribution in [1.82, 2.24) is 10.6 Å². The average Bonchev–Trinajstić information content (AvgIpc) is 2.95. The monoisotopic (exact) mass is 302 g/mol. The molecular weight excluding hydrogens is 288 g/mol. The van der Waals surface area contributed by atoms with Crippen LogP contribution in [0.2, 0.25) is 4.34 Å². The Hall–Kier alpha value is -1.27. The number of rotatable bonds is 4. The molecule has 2 amide bonds. The predicted octanol–water partition coefficient (Wildman–Crippen LogP) is 2.45. The van der Waals surface area contributed by atoms with Gasteiger partial charge in [-0.25, -0.2) is 4.79 Å². The van der Waals surface area contributed by atoms with Crippen LogP contribution in [0.3, 0.4) is 0 Å². The zero-order chi connectivity index (χ0) is 13.8. The van der Waals surface area contributed by atoms with E-state index in [4.69, 9.17) is 16.7 Å². The minimum atomic E-state index is -0.840. The third-order valence-corrected chi connectivity index (χ3v) is 4.43. The molecule has 104 valence electrons. The number of carboxylic acid groups (broad SMARTS) is 1. The SMILES string of the molecule is O=C(NCc1ccc(Cl)s1)NC1CCCC1C(=O)O. The molecule has 1 aliphatic carbocycles. The van der Waals surface area contributed by atoms with Crippen LogP contribution in [0, 0.1) is 5.92 Å². The number of urea groups is 1. The molecule has 5 nitrogen and oxygen atoms in total. The van der Waals surface area contributed by atoms with Gasteiger partial charge in [-0.3, -0.25) is 4.79 Å². The van der Waals surface area contributed by atoms with E-state index in [2.05, 4.69) is 10.6 Å². The maximum Gasteiger partial charge on any atom is 0.315 e. The maximum atomic E-state index is 11.7. The van der Waals surface area contributed by atoms with E-state index in [-0.39, 0.29) is 12.1 Å². The topological polar surface area (TPSA) is 78.4 Å². The van der Waals surface area contributed by atoms with Crippen LogP contribution in [0.5, 0.6) is 0 Å². The first-order valence-corrected chi connectivity index (χ1v) is 7.27. The molecule has 0 spiro atoms. The molecule has 1 aliphatic rings. The molecule has 0 aliphatic heterocycles. The molecule has 7 heteroatoms. The summed E-state index contributed by atoms with van der Waals surface area (Å²) in [6.07, 6.45) is 2.18. The fraction of sp³-hybridized carbons (Fsp3) is 0.500. The lowest BCUT2D eigenvalue weighted by atomic mass is 10.0. The minimum Gasteiger partial charge on any atom is -0.481 e. The van der Waals surface area contributed by atoms with Crippen LogP contribution >= 0.6 is 22.9 Å². The van der Waals surface area contributed by atoms with Gasteiger partial charge in [0.15, 0.2) is 0 Å². The summed E-state index contributed by atoms with van der Waals surface area (Å²) in [6.45, 7) is 0.397. The number of carbonyl (C=O) groups excluding carboxylic acids is 1. The van der Waals surface area contributed by atoms with Crippen LogP contribution in [-0.2, 0) is 11.3 Å². The quantitative estimate of drug-likeness (QED) is 0.799. The van der Waals surface area contributed by atoms with Gasteiger partial charge in [-0.1, -0.05) is 18.0 Å². The highest BCUT2D eigenvalue weighted by Gasteiger charge is 2.33. The summed E-state index contributed by atoms with van der Waals surface area (Å²) in [7, 11) is 0. The van der Waals surface area contributed by atoms with E-state index in [1.165, 1.54) is 11.3 Å². The predicted molar refractivity (Wildman–Crippen MR) is 73.5 cm³/mol. The van der Waals surface area contributed by atoms with E-state index < -0.39 is 11.9 Å². The van der Waals surface area contributed by atoms with Crippen molar-refractivity contribution in [3.8, 4) is 0 Å². The van der Waals surface area contributed by atoms with Crippen LogP contribution < -0.4 is 10.6 Å². The molecule has 1 aromatic heterocycles. The Labute approximate surface area is 120 Å². The second-order valence-electron chi connectivity index (χ2n) is 4.51. The van der Waals surface area contributed by atoms with Crippen molar-refractivity contribution >= 4 is 34.9 Å². The highest BCUT2D eigenvalue weighted by molar-refractivity contribution is 7.16. The lowest BCUT2D eigenvalue weighted by Gasteiger charge is -2.17. The van der Waals surface area contributed by atoms with E-state index in [9.17, 15) is 9.59 Å². The third-order valence-electron chi connectivity index (χ3n) is 3.20. The van der Waals surface area contributed by atoms with E-state index in [0.29, 0.717) is 17.3 Å². The normalized spacial score (nSPS) is 22.2. The summed E-state index contributed by atoms with van der Waals surface area (Å²) in [5, 5.41) is 14.5. The van der Waals surface area contributed by atoms with Gasteiger partial charge < -0.3 is 15.7 Å². The maximum absolute atomic E-state index is 11.7. The molecule has 1 saturated carbocycles. The van der Waals surface area contributed by atoms with Crippen LogP contribution in [0.4, 0.5) is 4.79 Å². The van der Waals surface area contributed by atoms with Gasteiger partial charge in [-0.2, -0.15) is 0 Å². The Morgan fingerprint density at radius 1 is 1.42 bits per heavy atom. The average molecular weight is 303 g/mol. The van der Waals surface area contributed by atoms with Gasteiger partial charge in [0.2, 0.25) is 0 Å². The van der Waals surface area contributed by atoms with Gasteiger partial charge in [0.05, 0.1) is 16.8 Å². The Morgan fingerprint density at radius 2 is 2.21 bits per heavy atom. The van der Waals surface area contributed by atoms with Crippen LogP contribution in [-0.4, -0.2) is 23.1 Å². The lowest BCUT2D eigenvalue weighted by Crippen LogP contribution is -2.45. The largest absolute Gasteiger partial charge is 0.481 e. The van der Waals surface area contributed by atoms with Gasteiger partial charge in [0, 0.05) is 10.9 Å². The second-order valence-corrected chi connectivity index (χ2v) is 6.31. The van der Waals surface area contributed by atoms with E-state index in [1.807, 2.05) is 6.07 Å². The number of amides is 2. The molecule has 0 radical (unpaired) electrons. The number of thiophene rings is 1. The van der Waals surface area contributed by atoms with E-state index >= 15 is 0 Å². The van der Waals surface area contributed by atoms with Gasteiger partial charge in [-0.15, -0.1) is 11.3 Å². The first kappa shape index (κ1) is 14.1. The Kier molecular flexibility index (Phi) is 4.66. The number of aliphatic carboxylic acids is 1. The fourth-order valence-corrected chi connectivity index (χ4v) is 3.29. The van der Waals surface area contributed by atoms with Crippen LogP contribution in [0.25, 0.3) is 0 Å². The van der Waals surface area contributed by atoms with Crippen molar-refractivity contribution in [3.05, 3.63) is 21.3 Å². The molecule has 1 aromatic rings. The van der Waals surface area contributed by atoms with Crippen molar-refractivity contribution < 1.29 is 14.7 Å². The zero-order valence-corrected chi connectivity index (χ0v) is 11.8. The number of hydrogen-bond acceptors (Lipinski definition) is 3. The van der Waals surface area contributed by atoms with Crippen LogP contribution in [0.15, 0.2) is 12.1 Å². The fourth-order valence-electron chi connectivity index (χ4n) is 2.26. The van der Waals surface area contributed by atoms with Crippen molar-refractivity contribution in [2.24, 2.45) is 5.92 Å². The lowest BCUT2D eigenvalue weighted by molar-refractivity contribution is -0.142. The molecular formula is C12H15ClN2O3S. The number of carbonyl (C=O) groups is 2. The van der Waals surface area contributed by atoms with E-state index in [0.717, 1.165) is 17.7 Å².